The van der Waals surface area contributed by atoms with E-state index in [-0.39, 0.29) is 28.7 Å². The minimum absolute atomic E-state index is 0.0791. The van der Waals surface area contributed by atoms with Gasteiger partial charge in [-0.3, -0.25) is 13.9 Å². The third-order valence-electron chi connectivity index (χ3n) is 6.00. The van der Waals surface area contributed by atoms with Crippen LogP contribution in [0, 0.1) is 0 Å². The van der Waals surface area contributed by atoms with E-state index in [4.69, 9.17) is 29.0 Å². The molecule has 1 saturated heterocycles. The van der Waals surface area contributed by atoms with Crippen LogP contribution in [0.15, 0.2) is 36.7 Å². The van der Waals surface area contributed by atoms with Crippen molar-refractivity contribution in [3.05, 3.63) is 36.7 Å². The summed E-state index contributed by atoms with van der Waals surface area (Å²) in [5.74, 6) is -0.566. The van der Waals surface area contributed by atoms with E-state index in [0.29, 0.717) is 0 Å². The number of nitrogen functional groups attached to an aromatic ring is 1. The maximum absolute atomic E-state index is 15.9. The zero-order valence-electron chi connectivity index (χ0n) is 22.6. The van der Waals surface area contributed by atoms with Crippen LogP contribution in [0.5, 0.6) is 11.6 Å². The van der Waals surface area contributed by atoms with E-state index in [0.717, 1.165) is 6.92 Å². The number of aliphatic hydroxyl groups is 1. The van der Waals surface area contributed by atoms with Gasteiger partial charge in [0.05, 0.1) is 26.1 Å². The van der Waals surface area contributed by atoms with Crippen molar-refractivity contribution in [3.8, 4) is 11.6 Å². The van der Waals surface area contributed by atoms with Gasteiger partial charge in [-0.2, -0.15) is 15.1 Å². The van der Waals surface area contributed by atoms with E-state index in [2.05, 4.69) is 20.0 Å². The first-order valence-corrected chi connectivity index (χ1v) is 13.9. The molecule has 0 saturated carbocycles. The topological polar surface area (TPSA) is 182 Å². The van der Waals surface area contributed by atoms with Crippen LogP contribution in [0.1, 0.15) is 33.9 Å². The van der Waals surface area contributed by atoms with E-state index < -0.39 is 56.6 Å². The minimum Gasteiger partial charge on any atom is -0.479 e. The molecule has 3 heterocycles. The maximum Gasteiger partial charge on any atom is 0.459 e. The number of nitrogens with zero attached hydrogens (tertiary/aromatic N) is 4. The molecule has 4 N–H and O–H groups in total. The SMILES string of the molecule is COc1nc(N)nc2c1ncn2C1O[C@@H](COP(=O)(NC(C)C(=O)OC(C)C)Oc2ccccc2)C(O)[C@@]1(C)F. The number of alkyl halides is 1. The summed E-state index contributed by atoms with van der Waals surface area (Å²) in [4.78, 5) is 24.6. The predicted molar refractivity (Wildman–Crippen MR) is 140 cm³/mol. The fourth-order valence-corrected chi connectivity index (χ4v) is 5.58. The molecule has 1 aliphatic rings. The normalized spacial score (nSPS) is 25.1. The molecule has 2 aromatic heterocycles. The van der Waals surface area contributed by atoms with Crippen molar-refractivity contribution in [1.29, 1.82) is 0 Å². The Morgan fingerprint density at radius 3 is 2.65 bits per heavy atom. The second kappa shape index (κ2) is 11.6. The third kappa shape index (κ3) is 6.18. The van der Waals surface area contributed by atoms with Gasteiger partial charge >= 0.3 is 13.7 Å². The number of imidazole rings is 1. The van der Waals surface area contributed by atoms with Gasteiger partial charge in [-0.15, -0.1) is 0 Å². The summed E-state index contributed by atoms with van der Waals surface area (Å²) in [6.45, 7) is 5.33. The highest BCUT2D eigenvalue weighted by atomic mass is 31.2. The molecule has 4 rings (SSSR count). The summed E-state index contributed by atoms with van der Waals surface area (Å²) in [6, 6.07) is 7.02. The van der Waals surface area contributed by atoms with Crippen molar-refractivity contribution in [3.63, 3.8) is 0 Å². The molecule has 0 spiro atoms. The summed E-state index contributed by atoms with van der Waals surface area (Å²) < 4.78 is 58.3. The number of benzene rings is 1. The van der Waals surface area contributed by atoms with Crippen LogP contribution < -0.4 is 20.1 Å². The van der Waals surface area contributed by atoms with Crippen molar-refractivity contribution in [2.75, 3.05) is 19.5 Å². The largest absolute Gasteiger partial charge is 0.479 e. The number of rotatable bonds is 11. The van der Waals surface area contributed by atoms with E-state index in [1.54, 1.807) is 32.0 Å². The Balaban J connectivity index is 1.56. The number of methoxy groups -OCH3 is 1. The molecule has 0 radical (unpaired) electrons. The smallest absolute Gasteiger partial charge is 0.459 e. The predicted octanol–water partition coefficient (Wildman–Crippen LogP) is 2.54. The number of esters is 1. The van der Waals surface area contributed by atoms with E-state index >= 15 is 4.39 Å². The number of para-hydroxylation sites is 1. The van der Waals surface area contributed by atoms with Gasteiger partial charge in [0.15, 0.2) is 23.1 Å². The first-order valence-electron chi connectivity index (χ1n) is 12.4. The Morgan fingerprint density at radius 2 is 2.00 bits per heavy atom. The highest BCUT2D eigenvalue weighted by Crippen LogP contribution is 2.48. The summed E-state index contributed by atoms with van der Waals surface area (Å²) >= 11 is 0. The number of hydrogen-bond acceptors (Lipinski definition) is 12. The lowest BCUT2D eigenvalue weighted by atomic mass is 9.98. The van der Waals surface area contributed by atoms with Crippen molar-refractivity contribution in [2.24, 2.45) is 0 Å². The number of halogens is 1. The van der Waals surface area contributed by atoms with Gasteiger partial charge in [-0.25, -0.2) is 13.9 Å². The molecule has 218 valence electrons. The Kier molecular flexibility index (Phi) is 8.61. The molecule has 40 heavy (non-hydrogen) atoms. The number of anilines is 1. The number of fused-ring (bicyclic) bond motifs is 1. The molecule has 6 atom stereocenters. The molecule has 1 fully saturated rings. The minimum atomic E-state index is -4.29. The Morgan fingerprint density at radius 1 is 1.30 bits per heavy atom. The molecular formula is C24H32FN6O8P. The standard InChI is InChI=1S/C24H32FN6O8P/c1-13(2)37-21(33)14(3)30-40(34,39-15-9-7-6-8-10-15)36-11-16-18(32)24(4,25)22(38-16)31-12-27-17-19(31)28-23(26)29-20(17)35-5/h6-10,12-14,16,18,22,32H,11H2,1-5H3,(H,30,34)(H2,26,28,29)/t14?,16-,18?,22?,24+,40?/m0/s1. The zero-order valence-corrected chi connectivity index (χ0v) is 23.4. The van der Waals surface area contributed by atoms with Gasteiger partial charge in [-0.05, 0) is 39.8 Å². The molecule has 0 amide bonds. The Labute approximate surface area is 229 Å². The molecule has 3 aromatic rings. The molecule has 0 aliphatic carbocycles. The molecular weight excluding hydrogens is 550 g/mol. The molecule has 14 nitrogen and oxygen atoms in total. The van der Waals surface area contributed by atoms with Crippen molar-refractivity contribution >= 4 is 30.8 Å². The van der Waals surface area contributed by atoms with Gasteiger partial charge in [0, 0.05) is 0 Å². The average molecular weight is 583 g/mol. The maximum atomic E-state index is 15.9. The average Bonchev–Trinajstić information content (AvgIpc) is 3.40. The van der Waals surface area contributed by atoms with Crippen LogP contribution in [0.25, 0.3) is 11.2 Å². The van der Waals surface area contributed by atoms with Crippen LogP contribution in [0.2, 0.25) is 0 Å². The lowest BCUT2D eigenvalue weighted by Crippen LogP contribution is -2.41. The summed E-state index contributed by atoms with van der Waals surface area (Å²) in [5, 5.41) is 13.4. The van der Waals surface area contributed by atoms with Crippen molar-refractivity contribution < 1.29 is 42.1 Å². The quantitative estimate of drug-likeness (QED) is 0.222. The molecule has 16 heteroatoms. The number of carbonyl (C=O) groups excluding carboxylic acids is 1. The van der Waals surface area contributed by atoms with Crippen LogP contribution in [0.4, 0.5) is 10.3 Å². The number of nitrogens with two attached hydrogens (primary N) is 1. The Hall–Kier alpha value is -3.36. The summed E-state index contributed by atoms with van der Waals surface area (Å²) in [6.07, 6.45) is -3.63. The van der Waals surface area contributed by atoms with Gasteiger partial charge in [0.25, 0.3) is 0 Å². The molecule has 1 aliphatic heterocycles. The van der Waals surface area contributed by atoms with Gasteiger partial charge in [0.2, 0.25) is 11.8 Å². The van der Waals surface area contributed by atoms with Gasteiger partial charge in [0.1, 0.15) is 24.0 Å². The highest BCUT2D eigenvalue weighted by Gasteiger charge is 2.56. The Bertz CT molecular complexity index is 1390. The number of nitrogens with one attached hydrogen (secondary N) is 1. The van der Waals surface area contributed by atoms with E-state index in [1.807, 2.05) is 0 Å². The van der Waals surface area contributed by atoms with Crippen molar-refractivity contribution in [2.45, 2.75) is 63.9 Å². The van der Waals surface area contributed by atoms with Gasteiger partial charge in [-0.1, -0.05) is 18.2 Å². The number of carbonyl (C=O) groups is 1. The van der Waals surface area contributed by atoms with E-state index in [9.17, 15) is 14.5 Å². The first kappa shape index (κ1) is 29.6. The second-order valence-corrected chi connectivity index (χ2v) is 11.3. The summed E-state index contributed by atoms with van der Waals surface area (Å²) in [7, 11) is -2.92. The fourth-order valence-electron chi connectivity index (χ4n) is 4.08. The van der Waals surface area contributed by atoms with Gasteiger partial charge < -0.3 is 29.6 Å². The molecule has 1 aromatic carbocycles. The number of aromatic nitrogens is 4. The van der Waals surface area contributed by atoms with Crippen LogP contribution in [-0.2, 0) is 23.4 Å². The summed E-state index contributed by atoms with van der Waals surface area (Å²) in [5.41, 5.74) is 3.71. The lowest BCUT2D eigenvalue weighted by molar-refractivity contribution is -0.149. The van der Waals surface area contributed by atoms with E-state index in [1.165, 1.54) is 37.1 Å². The molecule has 0 bridgehead atoms. The number of ether oxygens (including phenoxy) is 3. The zero-order chi connectivity index (χ0) is 29.2. The number of hydrogen-bond donors (Lipinski definition) is 3. The van der Waals surface area contributed by atoms with Crippen LogP contribution in [-0.4, -0.2) is 74.3 Å². The van der Waals surface area contributed by atoms with Crippen molar-refractivity contribution in [1.82, 2.24) is 24.6 Å². The fraction of sp³-hybridized carbons (Fsp3) is 0.500. The first-order chi connectivity index (χ1) is 18.8. The van der Waals surface area contributed by atoms with Crippen LogP contribution >= 0.6 is 7.75 Å². The monoisotopic (exact) mass is 582 g/mol. The number of aliphatic hydroxyl groups excluding tert-OH is 1. The highest BCUT2D eigenvalue weighted by molar-refractivity contribution is 7.52. The molecule has 4 unspecified atom stereocenters. The van der Waals surface area contributed by atoms with Crippen LogP contribution in [0.3, 0.4) is 0 Å². The second-order valence-electron chi connectivity index (χ2n) is 9.57. The lowest BCUT2D eigenvalue weighted by Gasteiger charge is -2.25. The third-order valence-corrected chi connectivity index (χ3v) is 7.65.